The van der Waals surface area contributed by atoms with Crippen molar-refractivity contribution in [2.45, 2.75) is 20.0 Å². The van der Waals surface area contributed by atoms with E-state index in [0.717, 1.165) is 22.4 Å². The fraction of sp³-hybridized carbons (Fsp3) is 0.190. The van der Waals surface area contributed by atoms with Gasteiger partial charge < -0.3 is 15.4 Å². The minimum atomic E-state index is -0.201. The quantitative estimate of drug-likeness (QED) is 0.674. The van der Waals surface area contributed by atoms with Crippen molar-refractivity contribution < 1.29 is 9.53 Å². The molecular weight excluding hydrogens is 340 g/mol. The van der Waals surface area contributed by atoms with Gasteiger partial charge in [0.05, 0.1) is 12.7 Å². The number of para-hydroxylation sites is 1. The molecule has 6 heteroatoms. The molecule has 0 aliphatic carbocycles. The summed E-state index contributed by atoms with van der Waals surface area (Å²) in [5, 5.41) is 6.01. The number of hydrogen-bond donors (Lipinski definition) is 2. The van der Waals surface area contributed by atoms with Crippen molar-refractivity contribution in [3.8, 4) is 5.75 Å². The number of methoxy groups -OCH3 is 1. The Morgan fingerprint density at radius 2 is 1.81 bits per heavy atom. The molecule has 2 aromatic carbocycles. The molecule has 0 saturated carbocycles. The second-order valence-electron chi connectivity index (χ2n) is 6.13. The van der Waals surface area contributed by atoms with E-state index in [1.54, 1.807) is 7.11 Å². The van der Waals surface area contributed by atoms with Crippen LogP contribution in [0.4, 0.5) is 5.95 Å². The topological polar surface area (TPSA) is 76.1 Å². The molecule has 2 N–H and O–H groups in total. The standard InChI is InChI=1S/C21H22N4O2/c1-15-6-5-7-16(10-15)11-22-20(26)18-13-24-21(25-14-18)23-12-17-8-3-4-9-19(17)27-2/h3-10,13-14H,11-12H2,1-2H3,(H,22,26)(H,23,24,25). The lowest BCUT2D eigenvalue weighted by Gasteiger charge is -2.10. The molecule has 3 aromatic rings. The Hall–Kier alpha value is -3.41. The SMILES string of the molecule is COc1ccccc1CNc1ncc(C(=O)NCc2cccc(C)c2)cn1. The first kappa shape index (κ1) is 18.4. The van der Waals surface area contributed by atoms with Crippen molar-refractivity contribution in [3.05, 3.63) is 83.2 Å². The van der Waals surface area contributed by atoms with Crippen molar-refractivity contribution in [2.75, 3.05) is 12.4 Å². The maximum absolute atomic E-state index is 12.2. The van der Waals surface area contributed by atoms with E-state index in [0.29, 0.717) is 24.6 Å². The number of nitrogens with zero attached hydrogens (tertiary/aromatic N) is 2. The third-order valence-electron chi connectivity index (χ3n) is 4.08. The number of amides is 1. The fourth-order valence-electron chi connectivity index (χ4n) is 2.67. The highest BCUT2D eigenvalue weighted by molar-refractivity contribution is 5.93. The largest absolute Gasteiger partial charge is 0.496 e. The molecule has 0 spiro atoms. The van der Waals surface area contributed by atoms with E-state index in [1.807, 2.05) is 55.5 Å². The van der Waals surface area contributed by atoms with E-state index >= 15 is 0 Å². The van der Waals surface area contributed by atoms with Crippen molar-refractivity contribution in [1.29, 1.82) is 0 Å². The third kappa shape index (κ3) is 5.04. The lowest BCUT2D eigenvalue weighted by atomic mass is 10.1. The van der Waals surface area contributed by atoms with Crippen LogP contribution >= 0.6 is 0 Å². The van der Waals surface area contributed by atoms with Crippen LogP contribution in [0.5, 0.6) is 5.75 Å². The maximum atomic E-state index is 12.2. The molecule has 0 saturated heterocycles. The van der Waals surface area contributed by atoms with E-state index in [-0.39, 0.29) is 5.91 Å². The van der Waals surface area contributed by atoms with Gasteiger partial charge in [0, 0.05) is 31.0 Å². The average molecular weight is 362 g/mol. The van der Waals surface area contributed by atoms with Crippen LogP contribution in [0.25, 0.3) is 0 Å². The number of benzene rings is 2. The van der Waals surface area contributed by atoms with Crippen LogP contribution in [-0.4, -0.2) is 23.0 Å². The highest BCUT2D eigenvalue weighted by Crippen LogP contribution is 2.18. The van der Waals surface area contributed by atoms with Gasteiger partial charge in [0.1, 0.15) is 5.75 Å². The molecule has 27 heavy (non-hydrogen) atoms. The van der Waals surface area contributed by atoms with Gasteiger partial charge in [-0.3, -0.25) is 4.79 Å². The summed E-state index contributed by atoms with van der Waals surface area (Å²) in [5.74, 6) is 1.06. The minimum Gasteiger partial charge on any atom is -0.496 e. The molecule has 3 rings (SSSR count). The second-order valence-corrected chi connectivity index (χ2v) is 6.13. The van der Waals surface area contributed by atoms with Gasteiger partial charge in [-0.25, -0.2) is 9.97 Å². The summed E-state index contributed by atoms with van der Waals surface area (Å²) < 4.78 is 5.32. The maximum Gasteiger partial charge on any atom is 0.254 e. The van der Waals surface area contributed by atoms with Gasteiger partial charge in [-0.1, -0.05) is 48.0 Å². The zero-order chi connectivity index (χ0) is 19.1. The molecule has 6 nitrogen and oxygen atoms in total. The molecule has 0 atom stereocenters. The number of ether oxygens (including phenoxy) is 1. The summed E-state index contributed by atoms with van der Waals surface area (Å²) in [4.78, 5) is 20.7. The van der Waals surface area contributed by atoms with E-state index in [9.17, 15) is 4.79 Å². The lowest BCUT2D eigenvalue weighted by Crippen LogP contribution is -2.23. The Morgan fingerprint density at radius 1 is 1.04 bits per heavy atom. The van der Waals surface area contributed by atoms with Crippen LogP contribution < -0.4 is 15.4 Å². The molecule has 0 fully saturated rings. The van der Waals surface area contributed by atoms with Crippen LogP contribution in [0, 0.1) is 6.92 Å². The Balaban J connectivity index is 1.55. The van der Waals surface area contributed by atoms with Crippen LogP contribution in [-0.2, 0) is 13.1 Å². The zero-order valence-corrected chi connectivity index (χ0v) is 15.4. The second kappa shape index (κ2) is 8.80. The molecule has 1 amide bonds. The molecule has 0 bridgehead atoms. The molecule has 0 aliphatic rings. The Morgan fingerprint density at radius 3 is 2.56 bits per heavy atom. The Bertz CT molecular complexity index is 910. The van der Waals surface area contributed by atoms with Crippen molar-refractivity contribution in [3.63, 3.8) is 0 Å². The van der Waals surface area contributed by atoms with Gasteiger partial charge >= 0.3 is 0 Å². The van der Waals surface area contributed by atoms with Gasteiger partial charge in [0.2, 0.25) is 5.95 Å². The predicted molar refractivity (Wildman–Crippen MR) is 105 cm³/mol. The monoisotopic (exact) mass is 362 g/mol. The number of anilines is 1. The first-order chi connectivity index (χ1) is 13.2. The first-order valence-electron chi connectivity index (χ1n) is 8.67. The summed E-state index contributed by atoms with van der Waals surface area (Å²) in [6.07, 6.45) is 3.03. The minimum absolute atomic E-state index is 0.201. The molecular formula is C21H22N4O2. The Kier molecular flexibility index (Phi) is 5.99. The average Bonchev–Trinajstić information content (AvgIpc) is 2.71. The smallest absolute Gasteiger partial charge is 0.254 e. The molecule has 0 radical (unpaired) electrons. The van der Waals surface area contributed by atoms with Crippen LogP contribution in [0.1, 0.15) is 27.0 Å². The Labute approximate surface area is 158 Å². The molecule has 0 aliphatic heterocycles. The normalized spacial score (nSPS) is 10.3. The number of nitrogens with one attached hydrogen (secondary N) is 2. The number of carbonyl (C=O) groups is 1. The van der Waals surface area contributed by atoms with Crippen molar-refractivity contribution in [1.82, 2.24) is 15.3 Å². The summed E-state index contributed by atoms with van der Waals surface area (Å²) >= 11 is 0. The predicted octanol–water partition coefficient (Wildman–Crippen LogP) is 3.34. The number of hydrogen-bond acceptors (Lipinski definition) is 5. The third-order valence-corrected chi connectivity index (χ3v) is 4.08. The summed E-state index contributed by atoms with van der Waals surface area (Å²) in [7, 11) is 1.64. The summed E-state index contributed by atoms with van der Waals surface area (Å²) in [6, 6.07) is 15.8. The van der Waals surface area contributed by atoms with Crippen LogP contribution in [0.3, 0.4) is 0 Å². The van der Waals surface area contributed by atoms with Gasteiger partial charge in [0.15, 0.2) is 0 Å². The van der Waals surface area contributed by atoms with Crippen molar-refractivity contribution in [2.24, 2.45) is 0 Å². The molecule has 0 unspecified atom stereocenters. The van der Waals surface area contributed by atoms with Crippen LogP contribution in [0.2, 0.25) is 0 Å². The van der Waals surface area contributed by atoms with Crippen molar-refractivity contribution >= 4 is 11.9 Å². The summed E-state index contributed by atoms with van der Waals surface area (Å²) in [5.41, 5.74) is 3.64. The van der Waals surface area contributed by atoms with Gasteiger partial charge in [0.25, 0.3) is 5.91 Å². The number of carbonyl (C=O) groups excluding carboxylic acids is 1. The van der Waals surface area contributed by atoms with E-state index in [1.165, 1.54) is 12.4 Å². The van der Waals surface area contributed by atoms with Gasteiger partial charge in [-0.2, -0.15) is 0 Å². The van der Waals surface area contributed by atoms with Gasteiger partial charge in [-0.15, -0.1) is 0 Å². The highest BCUT2D eigenvalue weighted by Gasteiger charge is 2.08. The number of rotatable bonds is 7. The highest BCUT2D eigenvalue weighted by atomic mass is 16.5. The van der Waals surface area contributed by atoms with E-state index in [2.05, 4.69) is 20.6 Å². The van der Waals surface area contributed by atoms with Crippen LogP contribution in [0.15, 0.2) is 60.9 Å². The number of aromatic nitrogens is 2. The lowest BCUT2D eigenvalue weighted by molar-refractivity contribution is 0.0950. The van der Waals surface area contributed by atoms with E-state index < -0.39 is 0 Å². The molecule has 1 aromatic heterocycles. The van der Waals surface area contributed by atoms with E-state index in [4.69, 9.17) is 4.74 Å². The number of aryl methyl sites for hydroxylation is 1. The van der Waals surface area contributed by atoms with Gasteiger partial charge in [-0.05, 0) is 18.6 Å². The molecule has 1 heterocycles. The first-order valence-corrected chi connectivity index (χ1v) is 8.67. The molecule has 138 valence electrons. The fourth-order valence-corrected chi connectivity index (χ4v) is 2.67. The zero-order valence-electron chi connectivity index (χ0n) is 15.4. The summed E-state index contributed by atoms with van der Waals surface area (Å²) in [6.45, 7) is 3.02.